The summed E-state index contributed by atoms with van der Waals surface area (Å²) in [4.78, 5) is 35.4. The smallest absolute Gasteiger partial charge is 0.412 e. The molecule has 2 fully saturated rings. The van der Waals surface area contributed by atoms with Crippen molar-refractivity contribution in [3.8, 4) is 11.5 Å². The molecule has 6 atom stereocenters. The average Bonchev–Trinajstić information content (AvgIpc) is 3.76. The summed E-state index contributed by atoms with van der Waals surface area (Å²) in [6, 6.07) is 11.0. The van der Waals surface area contributed by atoms with E-state index in [9.17, 15) is 24.2 Å². The van der Waals surface area contributed by atoms with Gasteiger partial charge in [-0.2, -0.15) is 0 Å². The number of aliphatic hydroxyl groups is 2. The van der Waals surface area contributed by atoms with Crippen LogP contribution in [0.2, 0.25) is 0 Å². The van der Waals surface area contributed by atoms with E-state index in [1.165, 1.54) is 25.0 Å². The molecular weight excluding hydrogens is 754 g/mol. The first-order chi connectivity index (χ1) is 28.8. The summed E-state index contributed by atoms with van der Waals surface area (Å²) < 4.78 is 34.5. The molecule has 2 saturated carbocycles. The Hall–Kier alpha value is -4.26. The molecule has 3 N–H and O–H groups in total. The molecule has 11 nitrogen and oxygen atoms in total. The number of oxime groups is 1. The van der Waals surface area contributed by atoms with Crippen molar-refractivity contribution in [1.82, 2.24) is 10.2 Å². The monoisotopic (exact) mass is 817 g/mol. The molecule has 6 rings (SSSR count). The normalized spacial score (nSPS) is 25.3. The predicted molar refractivity (Wildman–Crippen MR) is 224 cm³/mol. The lowest BCUT2D eigenvalue weighted by molar-refractivity contribution is -0.258. The van der Waals surface area contributed by atoms with Crippen LogP contribution >= 0.6 is 0 Å². The van der Waals surface area contributed by atoms with Gasteiger partial charge in [-0.1, -0.05) is 68.0 Å². The summed E-state index contributed by atoms with van der Waals surface area (Å²) in [6.07, 6.45) is 13.9. The number of nitrogens with one attached hydrogen (secondary N) is 1. The van der Waals surface area contributed by atoms with Crippen LogP contribution < -0.4 is 14.8 Å². The van der Waals surface area contributed by atoms with Crippen molar-refractivity contribution < 1.29 is 43.2 Å². The van der Waals surface area contributed by atoms with Gasteiger partial charge in [0.15, 0.2) is 0 Å². The van der Waals surface area contributed by atoms with Gasteiger partial charge in [0.2, 0.25) is 11.7 Å². The summed E-state index contributed by atoms with van der Waals surface area (Å²) in [7, 11) is 0. The standard InChI is InChI=1S/C47H64FN3O8/c1-4-27-56-47-42(51(31-33-17-20-35(48)21-18-33)43(54)24-19-32-13-7-8-14-32)30-40(50-57-6-3)38-28-34(15-9-11-25-52)37(16-10-12-26-53)44(45(38)47)39-29-36(22-23-41(39)59-47)58-46(55)49-5-2/h4,17-18,20-23,28-29,32,34,37,42,44-45,52-53H,1,5-16,19,24-27,30-31H2,2-3H3,(H,49,55). The first-order valence-electron chi connectivity index (χ1n) is 22.0. The highest BCUT2D eigenvalue weighted by molar-refractivity contribution is 6.03. The second-order valence-electron chi connectivity index (χ2n) is 16.4. The molecule has 2 amide bonds. The lowest BCUT2D eigenvalue weighted by Crippen LogP contribution is -2.70. The fourth-order valence-electron chi connectivity index (χ4n) is 10.1. The number of unbranched alkanes of at least 4 members (excludes halogenated alkanes) is 2. The van der Waals surface area contributed by atoms with E-state index in [0.29, 0.717) is 55.5 Å². The zero-order valence-corrected chi connectivity index (χ0v) is 34.9. The van der Waals surface area contributed by atoms with Gasteiger partial charge in [0, 0.05) is 50.6 Å². The molecule has 0 aromatic heterocycles. The van der Waals surface area contributed by atoms with Crippen molar-refractivity contribution in [2.24, 2.45) is 28.8 Å². The van der Waals surface area contributed by atoms with Crippen LogP contribution in [0.5, 0.6) is 11.5 Å². The Bertz CT molecular complexity index is 1780. The molecule has 2 aromatic rings. The Labute approximate surface area is 349 Å². The Morgan fingerprint density at radius 1 is 1.03 bits per heavy atom. The maximum absolute atomic E-state index is 14.9. The molecule has 6 unspecified atom stereocenters. The third-order valence-electron chi connectivity index (χ3n) is 12.7. The molecule has 0 bridgehead atoms. The van der Waals surface area contributed by atoms with Gasteiger partial charge in [-0.05, 0) is 105 Å². The van der Waals surface area contributed by atoms with E-state index in [-0.39, 0.29) is 62.3 Å². The number of carbonyl (C=O) groups is 2. The zero-order valence-electron chi connectivity index (χ0n) is 34.9. The maximum Gasteiger partial charge on any atom is 0.412 e. The highest BCUT2D eigenvalue weighted by atomic mass is 19.1. The Balaban J connectivity index is 1.57. The Morgan fingerprint density at radius 3 is 2.47 bits per heavy atom. The van der Waals surface area contributed by atoms with E-state index in [1.807, 2.05) is 30.9 Å². The van der Waals surface area contributed by atoms with Gasteiger partial charge in [-0.15, -0.1) is 6.58 Å². The fraction of sp³-hybridized carbons (Fsp3) is 0.596. The molecule has 4 aliphatic rings. The van der Waals surface area contributed by atoms with E-state index < -0.39 is 23.8 Å². The van der Waals surface area contributed by atoms with Crippen molar-refractivity contribution >= 4 is 17.7 Å². The first-order valence-corrected chi connectivity index (χ1v) is 22.0. The average molecular weight is 818 g/mol. The van der Waals surface area contributed by atoms with E-state index in [2.05, 4.69) is 18.0 Å². The van der Waals surface area contributed by atoms with Crippen molar-refractivity contribution in [3.05, 3.63) is 83.7 Å². The van der Waals surface area contributed by atoms with E-state index in [1.54, 1.807) is 24.3 Å². The molecule has 322 valence electrons. The van der Waals surface area contributed by atoms with Crippen LogP contribution in [-0.4, -0.2) is 77.6 Å². The predicted octanol–water partition coefficient (Wildman–Crippen LogP) is 8.59. The number of ether oxygens (including phenoxy) is 3. The number of halogens is 1. The number of benzene rings is 2. The largest absolute Gasteiger partial charge is 0.459 e. The second-order valence-corrected chi connectivity index (χ2v) is 16.4. The molecule has 2 aromatic carbocycles. The van der Waals surface area contributed by atoms with Crippen LogP contribution in [0.1, 0.15) is 114 Å². The maximum atomic E-state index is 14.9. The number of carbonyl (C=O) groups excluding carboxylic acids is 2. The van der Waals surface area contributed by atoms with Crippen molar-refractivity contribution in [1.29, 1.82) is 0 Å². The van der Waals surface area contributed by atoms with Crippen LogP contribution in [0.15, 0.2) is 71.9 Å². The molecule has 1 aliphatic heterocycles. The number of hydrogen-bond acceptors (Lipinski definition) is 9. The third kappa shape index (κ3) is 10.4. The Kier molecular flexibility index (Phi) is 16.0. The van der Waals surface area contributed by atoms with Gasteiger partial charge in [0.05, 0.1) is 18.2 Å². The number of nitrogens with zero attached hydrogens (tertiary/aromatic N) is 2. The van der Waals surface area contributed by atoms with Gasteiger partial charge in [-0.3, -0.25) is 4.79 Å². The molecule has 1 heterocycles. The van der Waals surface area contributed by atoms with Crippen LogP contribution in [0.25, 0.3) is 0 Å². The number of allylic oxidation sites excluding steroid dienone is 1. The number of fused-ring (bicyclic) bond motifs is 2. The summed E-state index contributed by atoms with van der Waals surface area (Å²) >= 11 is 0. The number of amides is 2. The third-order valence-corrected chi connectivity index (χ3v) is 12.7. The van der Waals surface area contributed by atoms with Gasteiger partial charge < -0.3 is 39.5 Å². The highest BCUT2D eigenvalue weighted by Crippen LogP contribution is 2.62. The van der Waals surface area contributed by atoms with E-state index in [4.69, 9.17) is 24.2 Å². The second kappa shape index (κ2) is 21.3. The van der Waals surface area contributed by atoms with Gasteiger partial charge in [0.25, 0.3) is 0 Å². The van der Waals surface area contributed by atoms with Crippen LogP contribution in [-0.2, 0) is 20.9 Å². The number of hydrogen-bond donors (Lipinski definition) is 3. The first kappa shape index (κ1) is 44.3. The molecule has 3 aliphatic carbocycles. The summed E-state index contributed by atoms with van der Waals surface area (Å²) in [6.45, 7) is 9.00. The van der Waals surface area contributed by atoms with Gasteiger partial charge in [0.1, 0.15) is 30.0 Å². The van der Waals surface area contributed by atoms with E-state index >= 15 is 0 Å². The number of aliphatic hydroxyl groups excluding tert-OH is 2. The molecule has 0 radical (unpaired) electrons. The lowest BCUT2D eigenvalue weighted by Gasteiger charge is -2.60. The van der Waals surface area contributed by atoms with Crippen LogP contribution in [0.4, 0.5) is 9.18 Å². The quantitative estimate of drug-likeness (QED) is 0.0647. The topological polar surface area (TPSA) is 139 Å². The highest BCUT2D eigenvalue weighted by Gasteiger charge is 2.65. The lowest BCUT2D eigenvalue weighted by atomic mass is 9.55. The summed E-state index contributed by atoms with van der Waals surface area (Å²) in [5.74, 6) is -1.10. The SMILES string of the molecule is C=CCOC12Oc3ccc(OC(=O)NCC)cc3C3C(CCCCO)C(CCCCO)C=C(C(=NOCC)CC1N(Cc1ccc(F)cc1)C(=O)CCC1CCCC1)C32. The summed E-state index contributed by atoms with van der Waals surface area (Å²) in [5.41, 5.74) is 3.27. The van der Waals surface area contributed by atoms with Gasteiger partial charge >= 0.3 is 6.09 Å². The van der Waals surface area contributed by atoms with Crippen molar-refractivity contribution in [2.75, 3.05) is 33.0 Å². The van der Waals surface area contributed by atoms with Gasteiger partial charge in [-0.25, -0.2) is 9.18 Å². The zero-order chi connectivity index (χ0) is 41.8. The molecule has 59 heavy (non-hydrogen) atoms. The van der Waals surface area contributed by atoms with Crippen molar-refractivity contribution in [3.63, 3.8) is 0 Å². The van der Waals surface area contributed by atoms with Crippen molar-refractivity contribution in [2.45, 2.75) is 122 Å². The number of rotatable bonds is 21. The van der Waals surface area contributed by atoms with Crippen LogP contribution in [0, 0.1) is 29.5 Å². The summed E-state index contributed by atoms with van der Waals surface area (Å²) in [5, 5.41) is 27.3. The van der Waals surface area contributed by atoms with E-state index in [0.717, 1.165) is 61.6 Å². The Morgan fingerprint density at radius 2 is 1.78 bits per heavy atom. The molecule has 0 spiro atoms. The minimum atomic E-state index is -1.43. The minimum Gasteiger partial charge on any atom is -0.459 e. The molecule has 12 heteroatoms. The minimum absolute atomic E-state index is 0.0128. The van der Waals surface area contributed by atoms with Crippen LogP contribution in [0.3, 0.4) is 0 Å². The molecular formula is C47H64FN3O8. The molecule has 0 saturated heterocycles. The fourth-order valence-corrected chi connectivity index (χ4v) is 10.1.